The highest BCUT2D eigenvalue weighted by molar-refractivity contribution is 9.10. The number of hydrogen-bond acceptors (Lipinski definition) is 2. The highest BCUT2D eigenvalue weighted by atomic mass is 79.9. The summed E-state index contributed by atoms with van der Waals surface area (Å²) in [6.07, 6.45) is 0.881. The van der Waals surface area contributed by atoms with Gasteiger partial charge in [-0.3, -0.25) is 4.79 Å². The zero-order chi connectivity index (χ0) is 10.1. The molecule has 0 unspecified atom stereocenters. The summed E-state index contributed by atoms with van der Waals surface area (Å²) >= 11 is 4.94. The summed E-state index contributed by atoms with van der Waals surface area (Å²) in [5, 5.41) is 0. The highest BCUT2D eigenvalue weighted by Gasteiger charge is 2.07. The number of thiophene rings is 1. The van der Waals surface area contributed by atoms with Crippen LogP contribution in [-0.2, 0) is 7.05 Å². The molecule has 0 amide bonds. The van der Waals surface area contributed by atoms with Crippen molar-refractivity contribution in [1.82, 2.24) is 4.57 Å². The average Bonchev–Trinajstić information content (AvgIpc) is 2.75. The first-order chi connectivity index (χ1) is 6.72. The molecule has 0 atom stereocenters. The monoisotopic (exact) mass is 269 g/mol. The lowest BCUT2D eigenvalue weighted by Gasteiger charge is -2.00. The molecule has 14 heavy (non-hydrogen) atoms. The van der Waals surface area contributed by atoms with E-state index < -0.39 is 0 Å². The molecule has 2 nitrogen and oxygen atoms in total. The minimum absolute atomic E-state index is 0.761. The maximum atomic E-state index is 10.5. The molecule has 0 saturated heterocycles. The lowest BCUT2D eigenvalue weighted by molar-refractivity contribution is 0.112. The van der Waals surface area contributed by atoms with Crippen LogP contribution in [0.2, 0.25) is 0 Å². The van der Waals surface area contributed by atoms with Crippen molar-refractivity contribution >= 4 is 33.6 Å². The Hall–Kier alpha value is -0.870. The van der Waals surface area contributed by atoms with Crippen molar-refractivity contribution in [3.63, 3.8) is 0 Å². The molecule has 2 aromatic heterocycles. The molecule has 2 rings (SSSR count). The Morgan fingerprint density at radius 3 is 2.64 bits per heavy atom. The second kappa shape index (κ2) is 3.71. The first kappa shape index (κ1) is 9.68. The summed E-state index contributed by atoms with van der Waals surface area (Å²) in [6.45, 7) is 0. The van der Waals surface area contributed by atoms with Crippen LogP contribution >= 0.6 is 27.3 Å². The van der Waals surface area contributed by atoms with E-state index in [-0.39, 0.29) is 0 Å². The predicted octanol–water partition coefficient (Wildman–Crippen LogP) is 3.33. The van der Waals surface area contributed by atoms with Gasteiger partial charge in [0.1, 0.15) is 0 Å². The lowest BCUT2D eigenvalue weighted by Crippen LogP contribution is -1.88. The molecule has 0 radical (unpaired) electrons. The van der Waals surface area contributed by atoms with E-state index in [1.165, 1.54) is 11.3 Å². The van der Waals surface area contributed by atoms with Crippen LogP contribution in [0.15, 0.2) is 28.9 Å². The smallest absolute Gasteiger partial charge is 0.160 e. The Morgan fingerprint density at radius 2 is 2.14 bits per heavy atom. The van der Waals surface area contributed by atoms with Crippen molar-refractivity contribution in [3.05, 3.63) is 33.7 Å². The maximum absolute atomic E-state index is 10.5. The van der Waals surface area contributed by atoms with Crippen LogP contribution in [0.5, 0.6) is 0 Å². The number of halogens is 1. The van der Waals surface area contributed by atoms with Gasteiger partial charge in [0.05, 0.1) is 20.1 Å². The SMILES string of the molecule is Cn1c(Br)ccc1-c1ccc(C=O)s1. The third-order valence-electron chi connectivity index (χ3n) is 2.06. The average molecular weight is 270 g/mol. The molecular weight excluding hydrogens is 262 g/mol. The van der Waals surface area contributed by atoms with Gasteiger partial charge in [0.15, 0.2) is 6.29 Å². The van der Waals surface area contributed by atoms with Crippen molar-refractivity contribution in [3.8, 4) is 10.6 Å². The van der Waals surface area contributed by atoms with Crippen molar-refractivity contribution in [2.45, 2.75) is 0 Å². The molecule has 2 heterocycles. The molecule has 0 aromatic carbocycles. The topological polar surface area (TPSA) is 22.0 Å². The van der Waals surface area contributed by atoms with E-state index in [0.29, 0.717) is 0 Å². The van der Waals surface area contributed by atoms with Crippen LogP contribution in [0.1, 0.15) is 9.67 Å². The van der Waals surface area contributed by atoms with E-state index in [1.54, 1.807) is 0 Å². The van der Waals surface area contributed by atoms with E-state index in [4.69, 9.17) is 0 Å². The number of nitrogens with zero attached hydrogens (tertiary/aromatic N) is 1. The first-order valence-electron chi connectivity index (χ1n) is 4.09. The summed E-state index contributed by atoms with van der Waals surface area (Å²) in [7, 11) is 1.99. The van der Waals surface area contributed by atoms with Gasteiger partial charge < -0.3 is 4.57 Å². The molecule has 0 aliphatic carbocycles. The molecular formula is C10H8BrNOS. The van der Waals surface area contributed by atoms with Gasteiger partial charge in [0.2, 0.25) is 0 Å². The Morgan fingerprint density at radius 1 is 1.36 bits per heavy atom. The zero-order valence-corrected chi connectivity index (χ0v) is 9.93. The van der Waals surface area contributed by atoms with Crippen molar-refractivity contribution in [2.24, 2.45) is 7.05 Å². The predicted molar refractivity (Wildman–Crippen MR) is 61.8 cm³/mol. The summed E-state index contributed by atoms with van der Waals surface area (Å²) in [5.74, 6) is 0. The Balaban J connectivity index is 2.49. The Kier molecular flexibility index (Phi) is 2.56. The molecule has 0 aliphatic rings. The molecule has 0 N–H and O–H groups in total. The van der Waals surface area contributed by atoms with Crippen LogP contribution in [0.25, 0.3) is 10.6 Å². The zero-order valence-electron chi connectivity index (χ0n) is 7.53. The molecule has 72 valence electrons. The number of aromatic nitrogens is 1. The minimum atomic E-state index is 0.761. The number of hydrogen-bond donors (Lipinski definition) is 0. The van der Waals surface area contributed by atoms with E-state index >= 15 is 0 Å². The van der Waals surface area contributed by atoms with Gasteiger partial charge in [0.25, 0.3) is 0 Å². The van der Waals surface area contributed by atoms with Gasteiger partial charge in [-0.2, -0.15) is 0 Å². The summed E-state index contributed by atoms with van der Waals surface area (Å²) in [6, 6.07) is 7.84. The van der Waals surface area contributed by atoms with Crippen LogP contribution in [0, 0.1) is 0 Å². The van der Waals surface area contributed by atoms with Crippen molar-refractivity contribution in [2.75, 3.05) is 0 Å². The van der Waals surface area contributed by atoms with Crippen LogP contribution in [0.4, 0.5) is 0 Å². The molecule has 0 bridgehead atoms. The Bertz CT molecular complexity index is 472. The molecule has 0 spiro atoms. The van der Waals surface area contributed by atoms with E-state index in [2.05, 4.69) is 15.9 Å². The fourth-order valence-electron chi connectivity index (χ4n) is 1.29. The van der Waals surface area contributed by atoms with Crippen LogP contribution in [-0.4, -0.2) is 10.9 Å². The number of carbonyl (C=O) groups is 1. The number of aldehydes is 1. The molecule has 0 saturated carbocycles. The fourth-order valence-corrected chi connectivity index (χ4v) is 2.49. The second-order valence-electron chi connectivity index (χ2n) is 2.92. The van der Waals surface area contributed by atoms with Gasteiger partial charge >= 0.3 is 0 Å². The fraction of sp³-hybridized carbons (Fsp3) is 0.100. The number of carbonyl (C=O) groups excluding carboxylic acids is 1. The van der Waals surface area contributed by atoms with Crippen molar-refractivity contribution in [1.29, 1.82) is 0 Å². The standard InChI is InChI=1S/C10H8BrNOS/c1-12-8(3-5-10(12)11)9-4-2-7(6-13)14-9/h2-6H,1H3. The minimum Gasteiger partial charge on any atom is -0.338 e. The summed E-state index contributed by atoms with van der Waals surface area (Å²) in [4.78, 5) is 12.4. The second-order valence-corrected chi connectivity index (χ2v) is 4.85. The van der Waals surface area contributed by atoms with Crippen LogP contribution in [0.3, 0.4) is 0 Å². The first-order valence-corrected chi connectivity index (χ1v) is 5.70. The number of rotatable bonds is 2. The van der Waals surface area contributed by atoms with Crippen LogP contribution < -0.4 is 0 Å². The van der Waals surface area contributed by atoms with Gasteiger partial charge in [0, 0.05) is 7.05 Å². The largest absolute Gasteiger partial charge is 0.338 e. The maximum Gasteiger partial charge on any atom is 0.160 e. The van der Waals surface area contributed by atoms with Gasteiger partial charge in [-0.1, -0.05) is 0 Å². The van der Waals surface area contributed by atoms with Crippen molar-refractivity contribution < 1.29 is 4.79 Å². The molecule has 2 aromatic rings. The molecule has 4 heteroatoms. The third kappa shape index (κ3) is 1.55. The summed E-state index contributed by atoms with van der Waals surface area (Å²) < 4.78 is 3.08. The highest BCUT2D eigenvalue weighted by Crippen LogP contribution is 2.29. The molecule has 0 fully saturated rings. The molecule has 0 aliphatic heterocycles. The Labute approximate surface area is 94.3 Å². The van der Waals surface area contributed by atoms with E-state index in [9.17, 15) is 4.79 Å². The lowest BCUT2D eigenvalue weighted by atomic mass is 10.3. The third-order valence-corrected chi connectivity index (χ3v) is 3.89. The van der Waals surface area contributed by atoms with E-state index in [1.807, 2.05) is 35.9 Å². The van der Waals surface area contributed by atoms with E-state index in [0.717, 1.165) is 26.3 Å². The van der Waals surface area contributed by atoms with Gasteiger partial charge in [-0.25, -0.2) is 0 Å². The van der Waals surface area contributed by atoms with Gasteiger partial charge in [-0.15, -0.1) is 11.3 Å². The van der Waals surface area contributed by atoms with Gasteiger partial charge in [-0.05, 0) is 40.2 Å². The summed E-state index contributed by atoms with van der Waals surface area (Å²) in [5.41, 5.74) is 1.12. The quantitative estimate of drug-likeness (QED) is 0.767. The normalized spacial score (nSPS) is 10.4.